The molecule has 0 saturated carbocycles. The van der Waals surface area contributed by atoms with Crippen molar-refractivity contribution in [3.8, 4) is 0 Å². The van der Waals surface area contributed by atoms with Gasteiger partial charge in [-0.15, -0.1) is 0 Å². The first-order valence-corrected chi connectivity index (χ1v) is 4.80. The fraction of sp³-hybridized carbons (Fsp3) is 0.500. The maximum atomic E-state index is 9.50. The molecule has 0 aliphatic rings. The van der Waals surface area contributed by atoms with Gasteiger partial charge in [0.1, 0.15) is 0 Å². The molecule has 12 heavy (non-hydrogen) atoms. The van der Waals surface area contributed by atoms with Crippen molar-refractivity contribution < 1.29 is 10.2 Å². The second kappa shape index (κ2) is 5.27. The van der Waals surface area contributed by atoms with Gasteiger partial charge < -0.3 is 15.5 Å². The Balaban J connectivity index is 2.25. The molecular weight excluding hydrogens is 174 g/mol. The molecule has 3 nitrogen and oxygen atoms in total. The van der Waals surface area contributed by atoms with E-state index in [-0.39, 0.29) is 6.61 Å². The molecule has 0 aliphatic heterocycles. The second-order valence-electron chi connectivity index (χ2n) is 2.50. The lowest BCUT2D eigenvalue weighted by Gasteiger charge is -2.08. The number of thiophene rings is 1. The second-order valence-corrected chi connectivity index (χ2v) is 3.28. The maximum absolute atomic E-state index is 9.50. The molecular formula is C8H13NO2S. The lowest BCUT2D eigenvalue weighted by Crippen LogP contribution is -2.24. The third-order valence-corrected chi connectivity index (χ3v) is 2.26. The Bertz CT molecular complexity index is 201. The van der Waals surface area contributed by atoms with Crippen LogP contribution < -0.4 is 5.32 Å². The van der Waals surface area contributed by atoms with Gasteiger partial charge >= 0.3 is 0 Å². The highest BCUT2D eigenvalue weighted by molar-refractivity contribution is 7.07. The summed E-state index contributed by atoms with van der Waals surface area (Å²) in [6.07, 6.45) is -0.456. The van der Waals surface area contributed by atoms with Gasteiger partial charge in [0.05, 0.1) is 12.7 Å². The molecule has 0 amide bonds. The van der Waals surface area contributed by atoms with Crippen LogP contribution >= 0.6 is 11.3 Å². The summed E-state index contributed by atoms with van der Waals surface area (Å²) in [6.45, 7) is 1.13. The van der Waals surface area contributed by atoms with Crippen LogP contribution in [0.1, 0.15) is 11.7 Å². The first kappa shape index (κ1) is 9.67. The molecule has 3 N–H and O–H groups in total. The molecule has 0 spiro atoms. The monoisotopic (exact) mass is 187 g/mol. The van der Waals surface area contributed by atoms with E-state index in [0.717, 1.165) is 5.56 Å². The molecule has 0 bridgehead atoms. The molecule has 1 aromatic heterocycles. The van der Waals surface area contributed by atoms with E-state index in [2.05, 4.69) is 5.32 Å². The van der Waals surface area contributed by atoms with Gasteiger partial charge in [0.2, 0.25) is 0 Å². The molecule has 0 aromatic carbocycles. The Labute approximate surface area is 75.7 Å². The Hall–Kier alpha value is -0.420. The van der Waals surface area contributed by atoms with Crippen molar-refractivity contribution in [1.82, 2.24) is 5.32 Å². The van der Waals surface area contributed by atoms with E-state index in [1.165, 1.54) is 0 Å². The third-order valence-electron chi connectivity index (χ3n) is 1.55. The minimum Gasteiger partial charge on any atom is -0.395 e. The lowest BCUT2D eigenvalue weighted by molar-refractivity contribution is 0.171. The smallest absolute Gasteiger partial charge is 0.0922 e. The summed E-state index contributed by atoms with van der Waals surface area (Å²) in [5.74, 6) is 0. The van der Waals surface area contributed by atoms with Crippen LogP contribution in [-0.2, 0) is 0 Å². The standard InChI is InChI=1S/C8H13NO2S/c10-3-2-9-5-8(11)7-1-4-12-6-7/h1,4,6,8-11H,2-3,5H2. The first-order valence-electron chi connectivity index (χ1n) is 3.86. The molecule has 0 radical (unpaired) electrons. The third kappa shape index (κ3) is 2.91. The van der Waals surface area contributed by atoms with E-state index in [0.29, 0.717) is 13.1 Å². The molecule has 1 aromatic rings. The zero-order valence-corrected chi connectivity index (χ0v) is 7.55. The molecule has 1 heterocycles. The molecule has 68 valence electrons. The van der Waals surface area contributed by atoms with Gasteiger partial charge in [-0.25, -0.2) is 0 Å². The van der Waals surface area contributed by atoms with Crippen LogP contribution in [0.2, 0.25) is 0 Å². The topological polar surface area (TPSA) is 52.5 Å². The maximum Gasteiger partial charge on any atom is 0.0922 e. The van der Waals surface area contributed by atoms with Crippen LogP contribution in [0.4, 0.5) is 0 Å². The number of rotatable bonds is 5. The highest BCUT2D eigenvalue weighted by Gasteiger charge is 2.05. The van der Waals surface area contributed by atoms with Crippen molar-refractivity contribution in [1.29, 1.82) is 0 Å². The normalized spacial score (nSPS) is 13.2. The van der Waals surface area contributed by atoms with Gasteiger partial charge in [-0.05, 0) is 22.4 Å². The van der Waals surface area contributed by atoms with Crippen LogP contribution in [0, 0.1) is 0 Å². The molecule has 0 aliphatic carbocycles. The minimum atomic E-state index is -0.456. The van der Waals surface area contributed by atoms with Gasteiger partial charge in [0.15, 0.2) is 0 Å². The predicted molar refractivity (Wildman–Crippen MR) is 49.2 cm³/mol. The molecule has 0 saturated heterocycles. The SMILES string of the molecule is OCCNCC(O)c1ccsc1. The van der Waals surface area contributed by atoms with Crippen molar-refractivity contribution in [2.24, 2.45) is 0 Å². The Morgan fingerprint density at radius 1 is 1.58 bits per heavy atom. The number of hydrogen-bond donors (Lipinski definition) is 3. The van der Waals surface area contributed by atoms with E-state index in [1.807, 2.05) is 16.8 Å². The highest BCUT2D eigenvalue weighted by atomic mass is 32.1. The number of aliphatic hydroxyl groups is 2. The number of hydrogen-bond acceptors (Lipinski definition) is 4. The minimum absolute atomic E-state index is 0.107. The van der Waals surface area contributed by atoms with Crippen LogP contribution in [-0.4, -0.2) is 29.9 Å². The van der Waals surface area contributed by atoms with E-state index in [9.17, 15) is 5.11 Å². The first-order chi connectivity index (χ1) is 5.84. The summed E-state index contributed by atoms with van der Waals surface area (Å²) in [4.78, 5) is 0. The van der Waals surface area contributed by atoms with Crippen molar-refractivity contribution in [2.75, 3.05) is 19.7 Å². The largest absolute Gasteiger partial charge is 0.395 e. The molecule has 1 atom stereocenters. The van der Waals surface area contributed by atoms with Crippen molar-refractivity contribution in [3.05, 3.63) is 22.4 Å². The molecule has 1 unspecified atom stereocenters. The Morgan fingerprint density at radius 3 is 3.00 bits per heavy atom. The molecule has 4 heteroatoms. The average molecular weight is 187 g/mol. The van der Waals surface area contributed by atoms with Crippen LogP contribution in [0.5, 0.6) is 0 Å². The van der Waals surface area contributed by atoms with Gasteiger partial charge in [0.25, 0.3) is 0 Å². The van der Waals surface area contributed by atoms with Gasteiger partial charge in [0, 0.05) is 13.1 Å². The van der Waals surface area contributed by atoms with Gasteiger partial charge in [-0.2, -0.15) is 11.3 Å². The van der Waals surface area contributed by atoms with Crippen LogP contribution in [0.15, 0.2) is 16.8 Å². The van der Waals surface area contributed by atoms with Crippen molar-refractivity contribution in [3.63, 3.8) is 0 Å². The van der Waals surface area contributed by atoms with E-state index in [4.69, 9.17) is 5.11 Å². The van der Waals surface area contributed by atoms with E-state index >= 15 is 0 Å². The summed E-state index contributed by atoms with van der Waals surface area (Å²) in [7, 11) is 0. The Morgan fingerprint density at radius 2 is 2.42 bits per heavy atom. The van der Waals surface area contributed by atoms with Gasteiger partial charge in [-0.1, -0.05) is 0 Å². The zero-order valence-electron chi connectivity index (χ0n) is 6.73. The van der Waals surface area contributed by atoms with Crippen LogP contribution in [0.25, 0.3) is 0 Å². The predicted octanol–water partition coefficient (Wildman–Crippen LogP) is 0.363. The fourth-order valence-electron chi connectivity index (χ4n) is 0.900. The zero-order chi connectivity index (χ0) is 8.81. The average Bonchev–Trinajstić information content (AvgIpc) is 2.56. The number of aliphatic hydroxyl groups excluding tert-OH is 2. The van der Waals surface area contributed by atoms with Gasteiger partial charge in [-0.3, -0.25) is 0 Å². The summed E-state index contributed by atoms with van der Waals surface area (Å²) in [5.41, 5.74) is 0.936. The van der Waals surface area contributed by atoms with Crippen molar-refractivity contribution >= 4 is 11.3 Å². The molecule has 1 rings (SSSR count). The molecule has 0 fully saturated rings. The lowest BCUT2D eigenvalue weighted by atomic mass is 10.2. The fourth-order valence-corrected chi connectivity index (χ4v) is 1.61. The summed E-state index contributed by atoms with van der Waals surface area (Å²) in [5, 5.41) is 24.8. The van der Waals surface area contributed by atoms with Crippen molar-refractivity contribution in [2.45, 2.75) is 6.10 Å². The summed E-state index contributed by atoms with van der Waals surface area (Å²) < 4.78 is 0. The van der Waals surface area contributed by atoms with E-state index in [1.54, 1.807) is 11.3 Å². The van der Waals surface area contributed by atoms with Crippen LogP contribution in [0.3, 0.4) is 0 Å². The van der Waals surface area contributed by atoms with E-state index < -0.39 is 6.10 Å². The number of nitrogens with one attached hydrogen (secondary N) is 1. The quantitative estimate of drug-likeness (QED) is 0.583. The summed E-state index contributed by atoms with van der Waals surface area (Å²) >= 11 is 1.57. The Kier molecular flexibility index (Phi) is 4.24. The highest BCUT2D eigenvalue weighted by Crippen LogP contribution is 2.14. The summed E-state index contributed by atoms with van der Waals surface area (Å²) in [6, 6.07) is 1.90.